The van der Waals surface area contributed by atoms with Crippen molar-refractivity contribution < 1.29 is 14.6 Å². The molecular formula is C16H22N2O3. The predicted octanol–water partition coefficient (Wildman–Crippen LogP) is 1.84. The van der Waals surface area contributed by atoms with Crippen LogP contribution in [0.2, 0.25) is 0 Å². The molecule has 5 nitrogen and oxygen atoms in total. The highest BCUT2D eigenvalue weighted by atomic mass is 16.5. The number of phenolic OH excluding ortho intramolecular Hbond substituents is 1. The highest BCUT2D eigenvalue weighted by Gasteiger charge is 2.22. The van der Waals surface area contributed by atoms with Gasteiger partial charge in [-0.2, -0.15) is 0 Å². The Hall–Kier alpha value is -1.85. The van der Waals surface area contributed by atoms with E-state index in [0.717, 1.165) is 38.2 Å². The van der Waals surface area contributed by atoms with Crippen molar-refractivity contribution in [1.29, 1.82) is 0 Å². The number of esters is 1. The topological polar surface area (TPSA) is 61.8 Å². The first-order valence-corrected chi connectivity index (χ1v) is 7.19. The summed E-state index contributed by atoms with van der Waals surface area (Å²) in [6, 6.07) is 5.40. The lowest BCUT2D eigenvalue weighted by atomic mass is 10.0. The van der Waals surface area contributed by atoms with Crippen molar-refractivity contribution in [3.05, 3.63) is 36.4 Å². The zero-order valence-electron chi connectivity index (χ0n) is 12.3. The monoisotopic (exact) mass is 290 g/mol. The van der Waals surface area contributed by atoms with Gasteiger partial charge in [0.25, 0.3) is 0 Å². The lowest BCUT2D eigenvalue weighted by Crippen LogP contribution is -2.45. The molecule has 1 fully saturated rings. The number of nitrogens with one attached hydrogen (secondary N) is 1. The molecule has 0 amide bonds. The molecule has 0 aromatic heterocycles. The van der Waals surface area contributed by atoms with Gasteiger partial charge in [-0.25, -0.2) is 0 Å². The molecule has 0 radical (unpaired) electrons. The van der Waals surface area contributed by atoms with Crippen LogP contribution >= 0.6 is 0 Å². The highest BCUT2D eigenvalue weighted by molar-refractivity contribution is 5.70. The molecule has 2 rings (SSSR count). The highest BCUT2D eigenvalue weighted by Crippen LogP contribution is 2.33. The van der Waals surface area contributed by atoms with Gasteiger partial charge >= 0.3 is 5.97 Å². The van der Waals surface area contributed by atoms with Gasteiger partial charge < -0.3 is 15.2 Å². The summed E-state index contributed by atoms with van der Waals surface area (Å²) in [6.45, 7) is 8.99. The lowest BCUT2D eigenvalue weighted by molar-refractivity contribution is -0.132. The van der Waals surface area contributed by atoms with E-state index in [-0.39, 0.29) is 17.5 Å². The summed E-state index contributed by atoms with van der Waals surface area (Å²) in [6.07, 6.45) is 2.70. The van der Waals surface area contributed by atoms with Crippen molar-refractivity contribution >= 4 is 5.97 Å². The molecule has 21 heavy (non-hydrogen) atoms. The van der Waals surface area contributed by atoms with Crippen molar-refractivity contribution in [1.82, 2.24) is 10.2 Å². The van der Waals surface area contributed by atoms with Crippen LogP contribution < -0.4 is 10.1 Å². The number of carbonyl (C=O) groups excluding carboxylic acids is 1. The number of rotatable bonds is 5. The molecule has 1 aliphatic heterocycles. The molecular weight excluding hydrogens is 268 g/mol. The first-order chi connectivity index (χ1) is 10.1. The number of piperazine rings is 1. The second-order valence-corrected chi connectivity index (χ2v) is 5.15. The first kappa shape index (κ1) is 15.5. The maximum atomic E-state index is 11.0. The second kappa shape index (κ2) is 7.24. The van der Waals surface area contributed by atoms with E-state index < -0.39 is 5.97 Å². The van der Waals surface area contributed by atoms with E-state index in [1.54, 1.807) is 12.1 Å². The smallest absolute Gasteiger partial charge is 0.308 e. The van der Waals surface area contributed by atoms with Crippen LogP contribution in [0.15, 0.2) is 30.9 Å². The maximum absolute atomic E-state index is 11.0. The predicted molar refractivity (Wildman–Crippen MR) is 81.4 cm³/mol. The zero-order valence-corrected chi connectivity index (χ0v) is 12.3. The third kappa shape index (κ3) is 4.06. The van der Waals surface area contributed by atoms with Crippen LogP contribution in [-0.4, -0.2) is 42.2 Å². The number of hydrogen-bond acceptors (Lipinski definition) is 5. The van der Waals surface area contributed by atoms with Crippen LogP contribution in [0.5, 0.6) is 11.5 Å². The lowest BCUT2D eigenvalue weighted by Gasteiger charge is -2.34. The van der Waals surface area contributed by atoms with Gasteiger partial charge in [-0.1, -0.05) is 12.1 Å². The molecule has 0 unspecified atom stereocenters. The van der Waals surface area contributed by atoms with E-state index in [9.17, 15) is 9.90 Å². The van der Waals surface area contributed by atoms with E-state index in [0.29, 0.717) is 0 Å². The molecule has 1 heterocycles. The average molecular weight is 290 g/mol. The molecule has 0 aliphatic carbocycles. The average Bonchev–Trinajstić information content (AvgIpc) is 2.47. The van der Waals surface area contributed by atoms with E-state index >= 15 is 0 Å². The molecule has 114 valence electrons. The maximum Gasteiger partial charge on any atom is 0.308 e. The van der Waals surface area contributed by atoms with E-state index in [4.69, 9.17) is 4.74 Å². The normalized spacial score (nSPS) is 17.2. The van der Waals surface area contributed by atoms with Gasteiger partial charge in [0.2, 0.25) is 0 Å². The Balaban J connectivity index is 2.21. The van der Waals surface area contributed by atoms with Crippen molar-refractivity contribution in [2.24, 2.45) is 0 Å². The largest absolute Gasteiger partial charge is 0.504 e. The fourth-order valence-corrected chi connectivity index (χ4v) is 2.63. The minimum atomic E-state index is -0.442. The Morgan fingerprint density at radius 1 is 1.52 bits per heavy atom. The SMILES string of the molecule is C=CC[C@H](c1ccc(OC(C)=O)c(O)c1)N1CCNCC1. The van der Waals surface area contributed by atoms with E-state index in [1.165, 1.54) is 6.92 Å². The number of carbonyl (C=O) groups is 1. The Bertz CT molecular complexity index is 510. The third-order valence-electron chi connectivity index (χ3n) is 3.60. The zero-order chi connectivity index (χ0) is 15.2. The van der Waals surface area contributed by atoms with E-state index in [1.807, 2.05) is 12.1 Å². The van der Waals surface area contributed by atoms with Crippen LogP contribution in [-0.2, 0) is 4.79 Å². The number of ether oxygens (including phenoxy) is 1. The molecule has 1 saturated heterocycles. The molecule has 0 bridgehead atoms. The Labute approximate surface area is 125 Å². The third-order valence-corrected chi connectivity index (χ3v) is 3.60. The van der Waals surface area contributed by atoms with Crippen molar-refractivity contribution in [2.45, 2.75) is 19.4 Å². The van der Waals surface area contributed by atoms with Gasteiger partial charge in [0.15, 0.2) is 11.5 Å². The summed E-state index contributed by atoms with van der Waals surface area (Å²) < 4.78 is 4.95. The van der Waals surface area contributed by atoms with Gasteiger partial charge in [0.1, 0.15) is 0 Å². The van der Waals surface area contributed by atoms with Gasteiger partial charge in [-0.3, -0.25) is 9.69 Å². The van der Waals surface area contributed by atoms with Gasteiger partial charge in [-0.15, -0.1) is 6.58 Å². The van der Waals surface area contributed by atoms with Gasteiger partial charge in [0, 0.05) is 39.1 Å². The molecule has 1 atom stereocenters. The molecule has 1 aromatic rings. The molecule has 1 aliphatic rings. The van der Waals surface area contributed by atoms with Crippen molar-refractivity contribution in [3.63, 3.8) is 0 Å². The minimum Gasteiger partial charge on any atom is -0.504 e. The molecule has 2 N–H and O–H groups in total. The molecule has 0 saturated carbocycles. The fourth-order valence-electron chi connectivity index (χ4n) is 2.63. The van der Waals surface area contributed by atoms with Crippen LogP contribution in [0.25, 0.3) is 0 Å². The number of nitrogens with zero attached hydrogens (tertiary/aromatic N) is 1. The van der Waals surface area contributed by atoms with Crippen molar-refractivity contribution in [3.8, 4) is 11.5 Å². The summed E-state index contributed by atoms with van der Waals surface area (Å²) in [5.74, 6) is -0.251. The molecule has 0 spiro atoms. The van der Waals surface area contributed by atoms with E-state index in [2.05, 4.69) is 16.8 Å². The quantitative estimate of drug-likeness (QED) is 0.492. The summed E-state index contributed by atoms with van der Waals surface area (Å²) in [7, 11) is 0. The Kier molecular flexibility index (Phi) is 5.36. The summed E-state index contributed by atoms with van der Waals surface area (Å²) in [5.41, 5.74) is 1.00. The number of hydrogen-bond donors (Lipinski definition) is 2. The summed E-state index contributed by atoms with van der Waals surface area (Å²) in [4.78, 5) is 13.3. The number of phenols is 1. The molecule has 1 aromatic carbocycles. The Morgan fingerprint density at radius 2 is 2.24 bits per heavy atom. The standard InChI is InChI=1S/C16H22N2O3/c1-3-4-14(18-9-7-17-8-10-18)13-5-6-16(15(20)11-13)21-12(2)19/h3,5-6,11,14,17,20H,1,4,7-10H2,2H3/t14-/m1/s1. The number of aromatic hydroxyl groups is 1. The van der Waals surface area contributed by atoms with Crippen LogP contribution in [0, 0.1) is 0 Å². The minimum absolute atomic E-state index is 0.00750. The summed E-state index contributed by atoms with van der Waals surface area (Å²) in [5, 5.41) is 13.4. The first-order valence-electron chi connectivity index (χ1n) is 7.19. The molecule has 5 heteroatoms. The Morgan fingerprint density at radius 3 is 2.81 bits per heavy atom. The van der Waals surface area contributed by atoms with Crippen LogP contribution in [0.4, 0.5) is 0 Å². The summed E-state index contributed by atoms with van der Waals surface area (Å²) >= 11 is 0. The van der Waals surface area contributed by atoms with Gasteiger partial charge in [0.05, 0.1) is 0 Å². The van der Waals surface area contributed by atoms with Gasteiger partial charge in [-0.05, 0) is 24.1 Å². The van der Waals surface area contributed by atoms with Crippen LogP contribution in [0.1, 0.15) is 24.9 Å². The van der Waals surface area contributed by atoms with Crippen molar-refractivity contribution in [2.75, 3.05) is 26.2 Å². The second-order valence-electron chi connectivity index (χ2n) is 5.15. The van der Waals surface area contributed by atoms with Crippen LogP contribution in [0.3, 0.4) is 0 Å². The number of benzene rings is 1. The fraction of sp³-hybridized carbons (Fsp3) is 0.438.